The number of fused-ring (bicyclic) bond motifs is 1. The quantitative estimate of drug-likeness (QED) is 0.395. The number of carbonyl (C=O) groups is 1. The lowest BCUT2D eigenvalue weighted by atomic mass is 10.2. The molecule has 0 N–H and O–H groups in total. The van der Waals surface area contributed by atoms with Crippen LogP contribution < -0.4 is 14.4 Å². The lowest BCUT2D eigenvalue weighted by Gasteiger charge is -2.25. The Morgan fingerprint density at radius 1 is 1.18 bits per heavy atom. The van der Waals surface area contributed by atoms with Crippen LogP contribution in [-0.2, 0) is 16.1 Å². The minimum Gasteiger partial charge on any atom is -0.465 e. The van der Waals surface area contributed by atoms with Gasteiger partial charge in [-0.3, -0.25) is 9.36 Å². The maximum atomic E-state index is 12.3. The first-order valence-electron chi connectivity index (χ1n) is 11.3. The molecule has 1 aliphatic rings. The van der Waals surface area contributed by atoms with E-state index in [0.29, 0.717) is 24.9 Å². The fourth-order valence-corrected chi connectivity index (χ4v) is 3.79. The van der Waals surface area contributed by atoms with Crippen LogP contribution >= 0.6 is 0 Å². The van der Waals surface area contributed by atoms with E-state index in [4.69, 9.17) is 14.2 Å². The average molecular weight is 467 g/mol. The van der Waals surface area contributed by atoms with E-state index < -0.39 is 0 Å². The van der Waals surface area contributed by atoms with Crippen LogP contribution in [0.1, 0.15) is 24.6 Å². The van der Waals surface area contributed by atoms with Gasteiger partial charge in [0.05, 0.1) is 6.61 Å². The fraction of sp³-hybridized carbons (Fsp3) is 0.417. The molecule has 0 saturated heterocycles. The molecular formula is C24H30N6O4. The number of hydrogen-bond acceptors (Lipinski definition) is 9. The molecule has 4 rings (SSSR count). The van der Waals surface area contributed by atoms with Crippen molar-refractivity contribution in [3.8, 4) is 17.4 Å². The summed E-state index contributed by atoms with van der Waals surface area (Å²) in [5, 5.41) is 0. The molecule has 0 aliphatic carbocycles. The van der Waals surface area contributed by atoms with Crippen molar-refractivity contribution in [3.63, 3.8) is 0 Å². The Balaban J connectivity index is 1.40. The molecular weight excluding hydrogens is 436 g/mol. The van der Waals surface area contributed by atoms with Crippen molar-refractivity contribution in [3.05, 3.63) is 54.2 Å². The molecule has 0 spiro atoms. The molecule has 0 saturated carbocycles. The van der Waals surface area contributed by atoms with Gasteiger partial charge in [-0.15, -0.1) is 0 Å². The van der Waals surface area contributed by atoms with E-state index in [1.807, 2.05) is 30.0 Å². The summed E-state index contributed by atoms with van der Waals surface area (Å²) >= 11 is 0. The van der Waals surface area contributed by atoms with E-state index >= 15 is 0 Å². The topological polar surface area (TPSA) is 94.8 Å². The summed E-state index contributed by atoms with van der Waals surface area (Å²) in [6, 6.07) is 7.91. The molecule has 0 bridgehead atoms. The molecule has 3 aromatic rings. The number of aromatic nitrogens is 4. The van der Waals surface area contributed by atoms with Crippen LogP contribution in [-0.4, -0.2) is 70.5 Å². The number of imidazole rings is 1. The van der Waals surface area contributed by atoms with Crippen molar-refractivity contribution in [2.45, 2.75) is 26.8 Å². The summed E-state index contributed by atoms with van der Waals surface area (Å²) < 4.78 is 17.8. The zero-order valence-corrected chi connectivity index (χ0v) is 19.8. The van der Waals surface area contributed by atoms with E-state index in [2.05, 4.69) is 33.0 Å². The van der Waals surface area contributed by atoms with Gasteiger partial charge in [0, 0.05) is 37.2 Å². The van der Waals surface area contributed by atoms with E-state index in [9.17, 15) is 4.79 Å². The number of hydrogen-bond donors (Lipinski definition) is 0. The van der Waals surface area contributed by atoms with Crippen LogP contribution in [0.5, 0.6) is 11.5 Å². The Labute approximate surface area is 199 Å². The van der Waals surface area contributed by atoms with Crippen molar-refractivity contribution in [1.29, 1.82) is 0 Å². The molecule has 3 heterocycles. The van der Waals surface area contributed by atoms with Gasteiger partial charge in [-0.1, -0.05) is 6.07 Å². The minimum atomic E-state index is -0.281. The molecule has 0 unspecified atom stereocenters. The third-order valence-electron chi connectivity index (χ3n) is 5.37. The zero-order valence-electron chi connectivity index (χ0n) is 19.8. The standard InChI is InChI=1S/C24H30N6O4/c1-4-32-23(31)15-29(22-12-18(2)26-24(27-22)30-11-8-25-16-30)10-5-9-28(3)14-19-6-7-20-21(13-19)34-17-33-20/h6-8,11-13,16H,4-5,9-10,14-15,17H2,1-3H3. The van der Waals surface area contributed by atoms with Gasteiger partial charge < -0.3 is 24.0 Å². The van der Waals surface area contributed by atoms with Gasteiger partial charge in [0.15, 0.2) is 11.5 Å². The van der Waals surface area contributed by atoms with Gasteiger partial charge in [-0.05, 0) is 51.6 Å². The number of aryl methyl sites for hydroxylation is 1. The van der Waals surface area contributed by atoms with Crippen LogP contribution in [0.4, 0.5) is 5.82 Å². The number of esters is 1. The molecule has 10 heteroatoms. The number of carbonyl (C=O) groups excluding carboxylic acids is 1. The number of ether oxygens (including phenoxy) is 3. The Hall–Kier alpha value is -3.66. The van der Waals surface area contributed by atoms with Crippen LogP contribution in [0.25, 0.3) is 5.95 Å². The summed E-state index contributed by atoms with van der Waals surface area (Å²) in [5.74, 6) is 2.50. The predicted octanol–water partition coefficient (Wildman–Crippen LogP) is 2.59. The highest BCUT2D eigenvalue weighted by molar-refractivity contribution is 5.75. The SMILES string of the molecule is CCOC(=O)CN(CCCN(C)Cc1ccc2c(c1)OCO2)c1cc(C)nc(-n2ccnc2)n1. The van der Waals surface area contributed by atoms with E-state index in [0.717, 1.165) is 42.3 Å². The normalized spacial score (nSPS) is 12.2. The molecule has 10 nitrogen and oxygen atoms in total. The van der Waals surface area contributed by atoms with E-state index in [-0.39, 0.29) is 19.3 Å². The Morgan fingerprint density at radius 3 is 2.82 bits per heavy atom. The first-order valence-corrected chi connectivity index (χ1v) is 11.3. The largest absolute Gasteiger partial charge is 0.465 e. The maximum absolute atomic E-state index is 12.3. The Kier molecular flexibility index (Phi) is 7.58. The zero-order chi connectivity index (χ0) is 23.9. The van der Waals surface area contributed by atoms with E-state index in [1.54, 1.807) is 30.2 Å². The first-order chi connectivity index (χ1) is 16.5. The van der Waals surface area contributed by atoms with Gasteiger partial charge in [0.2, 0.25) is 12.7 Å². The summed E-state index contributed by atoms with van der Waals surface area (Å²) in [6.07, 6.45) is 5.96. The van der Waals surface area contributed by atoms with E-state index in [1.165, 1.54) is 0 Å². The molecule has 1 aliphatic heterocycles. The van der Waals surface area contributed by atoms with Gasteiger partial charge in [-0.2, -0.15) is 4.98 Å². The molecule has 1 aromatic carbocycles. The van der Waals surface area contributed by atoms with Crippen molar-refractivity contribution in [1.82, 2.24) is 24.4 Å². The highest BCUT2D eigenvalue weighted by Crippen LogP contribution is 2.32. The fourth-order valence-electron chi connectivity index (χ4n) is 3.79. The second-order valence-corrected chi connectivity index (χ2v) is 8.14. The maximum Gasteiger partial charge on any atom is 0.325 e. The monoisotopic (exact) mass is 466 g/mol. The molecule has 0 fully saturated rings. The minimum absolute atomic E-state index is 0.125. The number of benzene rings is 1. The van der Waals surface area contributed by atoms with Gasteiger partial charge in [0.1, 0.15) is 18.7 Å². The van der Waals surface area contributed by atoms with Gasteiger partial charge in [0.25, 0.3) is 0 Å². The van der Waals surface area contributed by atoms with Gasteiger partial charge in [-0.25, -0.2) is 9.97 Å². The smallest absolute Gasteiger partial charge is 0.325 e. The third-order valence-corrected chi connectivity index (χ3v) is 5.37. The molecule has 34 heavy (non-hydrogen) atoms. The van der Waals surface area contributed by atoms with Gasteiger partial charge >= 0.3 is 5.97 Å². The van der Waals surface area contributed by atoms with Crippen LogP contribution in [0.3, 0.4) is 0 Å². The predicted molar refractivity (Wildman–Crippen MR) is 126 cm³/mol. The molecule has 0 radical (unpaired) electrons. The van der Waals surface area contributed by atoms with Crippen LogP contribution in [0.15, 0.2) is 43.0 Å². The highest BCUT2D eigenvalue weighted by Gasteiger charge is 2.17. The van der Waals surface area contributed by atoms with Crippen molar-refractivity contribution in [2.24, 2.45) is 0 Å². The second kappa shape index (κ2) is 11.0. The lowest BCUT2D eigenvalue weighted by molar-refractivity contribution is -0.141. The lowest BCUT2D eigenvalue weighted by Crippen LogP contribution is -2.34. The second-order valence-electron chi connectivity index (χ2n) is 8.14. The summed E-state index contributed by atoms with van der Waals surface area (Å²) in [5.41, 5.74) is 1.97. The van der Waals surface area contributed by atoms with Crippen molar-refractivity contribution >= 4 is 11.8 Å². The molecule has 180 valence electrons. The van der Waals surface area contributed by atoms with Crippen molar-refractivity contribution < 1.29 is 19.0 Å². The Morgan fingerprint density at radius 2 is 2.03 bits per heavy atom. The summed E-state index contributed by atoms with van der Waals surface area (Å²) in [4.78, 5) is 29.7. The van der Waals surface area contributed by atoms with Crippen LogP contribution in [0, 0.1) is 6.92 Å². The van der Waals surface area contributed by atoms with Crippen molar-refractivity contribution in [2.75, 3.05) is 45.0 Å². The third kappa shape index (κ3) is 6.02. The van der Waals surface area contributed by atoms with Crippen LogP contribution in [0.2, 0.25) is 0 Å². The average Bonchev–Trinajstić information content (AvgIpc) is 3.50. The Bertz CT molecular complexity index is 1100. The molecule has 0 atom stereocenters. The molecule has 2 aromatic heterocycles. The number of anilines is 1. The number of rotatable bonds is 11. The highest BCUT2D eigenvalue weighted by atomic mass is 16.7. The number of nitrogens with zero attached hydrogens (tertiary/aromatic N) is 6. The first kappa shape index (κ1) is 23.5. The summed E-state index contributed by atoms with van der Waals surface area (Å²) in [7, 11) is 2.08. The molecule has 0 amide bonds. The summed E-state index contributed by atoms with van der Waals surface area (Å²) in [6.45, 7) is 6.72.